The number of nitrogens with one attached hydrogen (secondary N) is 1. The quantitative estimate of drug-likeness (QED) is 0.661. The van der Waals surface area contributed by atoms with E-state index in [2.05, 4.69) is 5.32 Å². The summed E-state index contributed by atoms with van der Waals surface area (Å²) in [6.45, 7) is 5.56. The topological polar surface area (TPSA) is 78.9 Å². The van der Waals surface area contributed by atoms with Gasteiger partial charge < -0.3 is 11.1 Å². The van der Waals surface area contributed by atoms with Crippen LogP contribution >= 0.6 is 0 Å². The van der Waals surface area contributed by atoms with Crippen LogP contribution in [-0.4, -0.2) is 18.0 Å². The van der Waals surface area contributed by atoms with E-state index in [4.69, 9.17) is 11.0 Å². The minimum absolute atomic E-state index is 0.120. The van der Waals surface area contributed by atoms with Crippen LogP contribution in [0.5, 0.6) is 0 Å². The fourth-order valence-electron chi connectivity index (χ4n) is 0.830. The lowest BCUT2D eigenvalue weighted by Crippen LogP contribution is -2.46. The largest absolute Gasteiger partial charge is 0.351 e. The van der Waals surface area contributed by atoms with Crippen molar-refractivity contribution in [3.05, 3.63) is 0 Å². The first-order chi connectivity index (χ1) is 5.99. The lowest BCUT2D eigenvalue weighted by atomic mass is 10.0. The lowest BCUT2D eigenvalue weighted by Gasteiger charge is -2.17. The second-order valence-electron chi connectivity index (χ2n) is 3.54. The van der Waals surface area contributed by atoms with Crippen molar-refractivity contribution in [2.24, 2.45) is 11.7 Å². The summed E-state index contributed by atoms with van der Waals surface area (Å²) < 4.78 is 0. The molecular formula is C9H17N3O. The van der Waals surface area contributed by atoms with E-state index in [-0.39, 0.29) is 17.9 Å². The molecule has 0 spiro atoms. The molecule has 0 rings (SSSR count). The first-order valence-corrected chi connectivity index (χ1v) is 4.42. The normalized spacial score (nSPS) is 14.8. The number of hydrogen-bond acceptors (Lipinski definition) is 3. The Labute approximate surface area is 79.1 Å². The molecule has 0 fully saturated rings. The summed E-state index contributed by atoms with van der Waals surface area (Å²) in [5, 5.41) is 11.0. The number of hydrogen-bond donors (Lipinski definition) is 2. The molecule has 13 heavy (non-hydrogen) atoms. The second kappa shape index (κ2) is 5.55. The molecule has 0 heterocycles. The van der Waals surface area contributed by atoms with Gasteiger partial charge in [-0.1, -0.05) is 13.8 Å². The number of nitriles is 1. The van der Waals surface area contributed by atoms with Crippen molar-refractivity contribution in [3.63, 3.8) is 0 Å². The zero-order chi connectivity index (χ0) is 10.4. The van der Waals surface area contributed by atoms with Gasteiger partial charge in [-0.05, 0) is 12.8 Å². The van der Waals surface area contributed by atoms with Gasteiger partial charge >= 0.3 is 0 Å². The van der Waals surface area contributed by atoms with Gasteiger partial charge in [0.05, 0.1) is 18.5 Å². The summed E-state index contributed by atoms with van der Waals surface area (Å²) in [5.74, 6) is -0.0629. The van der Waals surface area contributed by atoms with E-state index in [0.29, 0.717) is 6.42 Å². The standard InChI is InChI=1S/C9H17N3O/c1-6(2)8(11)9(13)12-7(3)4-5-10/h6-8H,4,11H2,1-3H3,(H,12,13). The maximum atomic E-state index is 11.3. The van der Waals surface area contributed by atoms with E-state index in [9.17, 15) is 4.79 Å². The van der Waals surface area contributed by atoms with Crippen molar-refractivity contribution in [1.82, 2.24) is 5.32 Å². The molecule has 4 nitrogen and oxygen atoms in total. The molecule has 0 saturated heterocycles. The molecule has 74 valence electrons. The van der Waals surface area contributed by atoms with Crippen molar-refractivity contribution in [2.45, 2.75) is 39.3 Å². The van der Waals surface area contributed by atoms with Gasteiger partial charge in [-0.15, -0.1) is 0 Å². The molecular weight excluding hydrogens is 166 g/mol. The zero-order valence-electron chi connectivity index (χ0n) is 8.37. The molecule has 3 N–H and O–H groups in total. The van der Waals surface area contributed by atoms with Crippen LogP contribution in [0.4, 0.5) is 0 Å². The van der Waals surface area contributed by atoms with Crippen molar-refractivity contribution < 1.29 is 4.79 Å². The van der Waals surface area contributed by atoms with Crippen LogP contribution < -0.4 is 11.1 Å². The molecule has 0 radical (unpaired) electrons. The van der Waals surface area contributed by atoms with Crippen LogP contribution in [0, 0.1) is 17.2 Å². The first-order valence-electron chi connectivity index (χ1n) is 4.42. The molecule has 0 saturated carbocycles. The fraction of sp³-hybridized carbons (Fsp3) is 0.778. The summed E-state index contributed by atoms with van der Waals surface area (Å²) in [5.41, 5.74) is 5.61. The molecule has 1 amide bonds. The fourth-order valence-corrected chi connectivity index (χ4v) is 0.830. The van der Waals surface area contributed by atoms with Crippen molar-refractivity contribution in [3.8, 4) is 6.07 Å². The summed E-state index contributed by atoms with van der Waals surface area (Å²) >= 11 is 0. The molecule has 2 unspecified atom stereocenters. The summed E-state index contributed by atoms with van der Waals surface area (Å²) in [6.07, 6.45) is 0.316. The average molecular weight is 183 g/mol. The monoisotopic (exact) mass is 183 g/mol. The number of carbonyl (C=O) groups is 1. The highest BCUT2D eigenvalue weighted by molar-refractivity contribution is 5.81. The smallest absolute Gasteiger partial charge is 0.237 e. The van der Waals surface area contributed by atoms with Crippen LogP contribution in [-0.2, 0) is 4.79 Å². The molecule has 0 bridgehead atoms. The van der Waals surface area contributed by atoms with E-state index in [1.807, 2.05) is 19.9 Å². The average Bonchev–Trinajstić information content (AvgIpc) is 2.03. The lowest BCUT2D eigenvalue weighted by molar-refractivity contribution is -0.123. The summed E-state index contributed by atoms with van der Waals surface area (Å²) in [4.78, 5) is 11.3. The Bertz CT molecular complexity index is 207. The maximum absolute atomic E-state index is 11.3. The van der Waals surface area contributed by atoms with Gasteiger partial charge in [-0.2, -0.15) is 5.26 Å². The Hall–Kier alpha value is -1.08. The zero-order valence-corrected chi connectivity index (χ0v) is 8.37. The van der Waals surface area contributed by atoms with E-state index in [1.54, 1.807) is 6.92 Å². The third-order valence-electron chi connectivity index (χ3n) is 1.81. The number of nitrogens with zero attached hydrogens (tertiary/aromatic N) is 1. The number of nitrogens with two attached hydrogens (primary N) is 1. The SMILES string of the molecule is CC(CC#N)NC(=O)C(N)C(C)C. The number of carbonyl (C=O) groups excluding carboxylic acids is 1. The minimum atomic E-state index is -0.485. The van der Waals surface area contributed by atoms with Crippen LogP contribution in [0.15, 0.2) is 0 Å². The van der Waals surface area contributed by atoms with Gasteiger partial charge in [0.25, 0.3) is 0 Å². The molecule has 0 aromatic carbocycles. The van der Waals surface area contributed by atoms with Crippen LogP contribution in [0.25, 0.3) is 0 Å². The Morgan fingerprint density at radius 3 is 2.46 bits per heavy atom. The molecule has 0 aromatic heterocycles. The molecule has 0 aliphatic rings. The van der Waals surface area contributed by atoms with Crippen molar-refractivity contribution in [2.75, 3.05) is 0 Å². The number of amides is 1. The molecule has 0 aromatic rings. The number of rotatable bonds is 4. The van der Waals surface area contributed by atoms with Gasteiger partial charge in [0.1, 0.15) is 0 Å². The predicted octanol–water partition coefficient (Wildman–Crippen LogP) is 0.388. The second-order valence-corrected chi connectivity index (χ2v) is 3.54. The molecule has 0 aliphatic carbocycles. The highest BCUT2D eigenvalue weighted by Gasteiger charge is 2.18. The van der Waals surface area contributed by atoms with Crippen LogP contribution in [0.3, 0.4) is 0 Å². The Kier molecular flexibility index (Phi) is 5.09. The Balaban J connectivity index is 3.94. The third kappa shape index (κ3) is 4.48. The van der Waals surface area contributed by atoms with Gasteiger partial charge in [0, 0.05) is 6.04 Å². The highest BCUT2D eigenvalue weighted by Crippen LogP contribution is 1.99. The van der Waals surface area contributed by atoms with E-state index < -0.39 is 6.04 Å². The van der Waals surface area contributed by atoms with Gasteiger partial charge in [-0.25, -0.2) is 0 Å². The molecule has 0 aliphatic heterocycles. The van der Waals surface area contributed by atoms with Gasteiger partial charge in [-0.3, -0.25) is 4.79 Å². The highest BCUT2D eigenvalue weighted by atomic mass is 16.2. The third-order valence-corrected chi connectivity index (χ3v) is 1.81. The van der Waals surface area contributed by atoms with Crippen molar-refractivity contribution in [1.29, 1.82) is 5.26 Å². The summed E-state index contributed by atoms with van der Waals surface area (Å²) in [6, 6.07) is 1.38. The molecule has 2 atom stereocenters. The van der Waals surface area contributed by atoms with Gasteiger partial charge in [0.15, 0.2) is 0 Å². The predicted molar refractivity (Wildman–Crippen MR) is 50.6 cm³/mol. The van der Waals surface area contributed by atoms with E-state index in [0.717, 1.165) is 0 Å². The van der Waals surface area contributed by atoms with Gasteiger partial charge in [0.2, 0.25) is 5.91 Å². The first kappa shape index (κ1) is 11.9. The summed E-state index contributed by atoms with van der Waals surface area (Å²) in [7, 11) is 0. The van der Waals surface area contributed by atoms with Crippen LogP contribution in [0.1, 0.15) is 27.2 Å². The minimum Gasteiger partial charge on any atom is -0.351 e. The maximum Gasteiger partial charge on any atom is 0.237 e. The van der Waals surface area contributed by atoms with Crippen molar-refractivity contribution >= 4 is 5.91 Å². The Morgan fingerprint density at radius 1 is 1.54 bits per heavy atom. The van der Waals surface area contributed by atoms with E-state index in [1.165, 1.54) is 0 Å². The molecule has 4 heteroatoms. The van der Waals surface area contributed by atoms with E-state index >= 15 is 0 Å². The van der Waals surface area contributed by atoms with Crippen LogP contribution in [0.2, 0.25) is 0 Å². The Morgan fingerprint density at radius 2 is 2.08 bits per heavy atom.